The number of aryl methyl sites for hydroxylation is 1. The van der Waals surface area contributed by atoms with Gasteiger partial charge in [-0.3, -0.25) is 4.79 Å². The van der Waals surface area contributed by atoms with Gasteiger partial charge in [-0.05, 0) is 24.8 Å². The van der Waals surface area contributed by atoms with Crippen molar-refractivity contribution in [1.29, 1.82) is 0 Å². The topological polar surface area (TPSA) is 26.3 Å². The van der Waals surface area contributed by atoms with E-state index in [1.165, 1.54) is 12.7 Å². The zero-order chi connectivity index (χ0) is 12.1. The number of methoxy groups -OCH3 is 1. The van der Waals surface area contributed by atoms with Crippen molar-refractivity contribution in [2.45, 2.75) is 33.1 Å². The number of benzene rings is 1. The summed E-state index contributed by atoms with van der Waals surface area (Å²) >= 11 is 0. The largest absolute Gasteiger partial charge is 0.469 e. The third-order valence-corrected chi connectivity index (χ3v) is 2.67. The maximum absolute atomic E-state index is 11.7. The molecule has 0 spiro atoms. The lowest BCUT2D eigenvalue weighted by atomic mass is 9.90. The summed E-state index contributed by atoms with van der Waals surface area (Å²) < 4.78 is 4.86. The zero-order valence-corrected chi connectivity index (χ0v) is 10.5. The Balaban J connectivity index is 2.91. The summed E-state index contributed by atoms with van der Waals surface area (Å²) in [6.07, 6.45) is 0.829. The molecular formula is C14H20O2. The summed E-state index contributed by atoms with van der Waals surface area (Å²) in [4.78, 5) is 11.7. The van der Waals surface area contributed by atoms with E-state index in [0.29, 0.717) is 5.92 Å². The molecule has 0 radical (unpaired) electrons. The molecule has 2 nitrogen and oxygen atoms in total. The number of hydrogen-bond donors (Lipinski definition) is 0. The lowest BCUT2D eigenvalue weighted by molar-refractivity contribution is -0.142. The maximum atomic E-state index is 11.7. The summed E-state index contributed by atoms with van der Waals surface area (Å²) in [5, 5.41) is 0. The first-order valence-electron chi connectivity index (χ1n) is 5.69. The second-order valence-electron chi connectivity index (χ2n) is 4.62. The van der Waals surface area contributed by atoms with Crippen LogP contribution >= 0.6 is 0 Å². The van der Waals surface area contributed by atoms with Crippen molar-refractivity contribution in [3.63, 3.8) is 0 Å². The Morgan fingerprint density at radius 1 is 1.25 bits per heavy atom. The number of esters is 1. The van der Waals surface area contributed by atoms with E-state index in [1.54, 1.807) is 0 Å². The van der Waals surface area contributed by atoms with Gasteiger partial charge in [0.2, 0.25) is 0 Å². The maximum Gasteiger partial charge on any atom is 0.313 e. The molecule has 0 saturated carbocycles. The molecule has 0 bridgehead atoms. The number of carbonyl (C=O) groups excluding carboxylic acids is 1. The molecule has 0 aliphatic carbocycles. The summed E-state index contributed by atoms with van der Waals surface area (Å²) in [7, 11) is 1.45. The molecule has 16 heavy (non-hydrogen) atoms. The SMILES string of the molecule is COC(=O)C(CC(C)C)c1ccc(C)cc1. The van der Waals surface area contributed by atoms with E-state index in [9.17, 15) is 4.79 Å². The molecule has 0 aliphatic heterocycles. The quantitative estimate of drug-likeness (QED) is 0.728. The average molecular weight is 220 g/mol. The molecular weight excluding hydrogens is 200 g/mol. The normalized spacial score (nSPS) is 12.6. The lowest BCUT2D eigenvalue weighted by Gasteiger charge is -2.17. The fourth-order valence-corrected chi connectivity index (χ4v) is 1.78. The highest BCUT2D eigenvalue weighted by molar-refractivity contribution is 5.78. The Bertz CT molecular complexity index is 338. The fourth-order valence-electron chi connectivity index (χ4n) is 1.78. The Labute approximate surface area is 97.6 Å². The predicted octanol–water partition coefficient (Wildman–Crippen LogP) is 3.30. The summed E-state index contributed by atoms with van der Waals surface area (Å²) in [6, 6.07) is 8.09. The van der Waals surface area contributed by atoms with Crippen molar-refractivity contribution < 1.29 is 9.53 Å². The zero-order valence-electron chi connectivity index (χ0n) is 10.5. The van der Waals surface area contributed by atoms with E-state index in [2.05, 4.69) is 13.8 Å². The Kier molecular flexibility index (Phi) is 4.53. The first kappa shape index (κ1) is 12.8. The van der Waals surface area contributed by atoms with Gasteiger partial charge in [0.1, 0.15) is 0 Å². The van der Waals surface area contributed by atoms with Crippen molar-refractivity contribution in [3.05, 3.63) is 35.4 Å². The minimum Gasteiger partial charge on any atom is -0.469 e. The van der Waals surface area contributed by atoms with Crippen molar-refractivity contribution in [3.8, 4) is 0 Å². The van der Waals surface area contributed by atoms with Crippen molar-refractivity contribution in [2.75, 3.05) is 7.11 Å². The van der Waals surface area contributed by atoms with Crippen LogP contribution in [0.4, 0.5) is 0 Å². The van der Waals surface area contributed by atoms with Gasteiger partial charge in [0.05, 0.1) is 13.0 Å². The van der Waals surface area contributed by atoms with E-state index in [0.717, 1.165) is 12.0 Å². The average Bonchev–Trinajstić information content (AvgIpc) is 2.26. The van der Waals surface area contributed by atoms with Crippen LogP contribution in [0, 0.1) is 12.8 Å². The molecule has 0 heterocycles. The van der Waals surface area contributed by atoms with Gasteiger partial charge in [-0.25, -0.2) is 0 Å². The fraction of sp³-hybridized carbons (Fsp3) is 0.500. The van der Waals surface area contributed by atoms with E-state index in [4.69, 9.17) is 4.74 Å². The monoisotopic (exact) mass is 220 g/mol. The minimum absolute atomic E-state index is 0.134. The molecule has 0 aliphatic rings. The van der Waals surface area contributed by atoms with E-state index in [1.807, 2.05) is 31.2 Å². The Hall–Kier alpha value is -1.31. The third-order valence-electron chi connectivity index (χ3n) is 2.67. The molecule has 0 N–H and O–H groups in total. The van der Waals surface area contributed by atoms with Crippen LogP contribution in [-0.2, 0) is 9.53 Å². The van der Waals surface area contributed by atoms with Crippen LogP contribution in [0.5, 0.6) is 0 Å². The van der Waals surface area contributed by atoms with Crippen molar-refractivity contribution in [1.82, 2.24) is 0 Å². The molecule has 0 saturated heterocycles. The smallest absolute Gasteiger partial charge is 0.313 e. The minimum atomic E-state index is -0.141. The molecule has 1 atom stereocenters. The van der Waals surface area contributed by atoms with Gasteiger partial charge in [0.25, 0.3) is 0 Å². The van der Waals surface area contributed by atoms with Crippen molar-refractivity contribution >= 4 is 5.97 Å². The molecule has 1 aromatic rings. The molecule has 88 valence electrons. The molecule has 2 heteroatoms. The number of ether oxygens (including phenoxy) is 1. The van der Waals surface area contributed by atoms with Gasteiger partial charge in [-0.15, -0.1) is 0 Å². The van der Waals surface area contributed by atoms with Gasteiger partial charge in [0.15, 0.2) is 0 Å². The first-order valence-corrected chi connectivity index (χ1v) is 5.69. The lowest BCUT2D eigenvalue weighted by Crippen LogP contribution is -2.16. The van der Waals surface area contributed by atoms with Crippen LogP contribution in [0.3, 0.4) is 0 Å². The van der Waals surface area contributed by atoms with Crippen LogP contribution in [0.25, 0.3) is 0 Å². The third kappa shape index (κ3) is 3.37. The Morgan fingerprint density at radius 3 is 2.25 bits per heavy atom. The number of hydrogen-bond acceptors (Lipinski definition) is 2. The van der Waals surface area contributed by atoms with Gasteiger partial charge < -0.3 is 4.74 Å². The summed E-state index contributed by atoms with van der Waals surface area (Å²) in [5.41, 5.74) is 2.25. The Morgan fingerprint density at radius 2 is 1.81 bits per heavy atom. The molecule has 0 amide bonds. The summed E-state index contributed by atoms with van der Waals surface area (Å²) in [5.74, 6) is 0.202. The van der Waals surface area contributed by atoms with Gasteiger partial charge in [-0.1, -0.05) is 43.7 Å². The van der Waals surface area contributed by atoms with Crippen LogP contribution in [0.2, 0.25) is 0 Å². The van der Waals surface area contributed by atoms with E-state index < -0.39 is 0 Å². The van der Waals surface area contributed by atoms with Crippen LogP contribution in [-0.4, -0.2) is 13.1 Å². The van der Waals surface area contributed by atoms with Gasteiger partial charge in [-0.2, -0.15) is 0 Å². The van der Waals surface area contributed by atoms with Crippen LogP contribution < -0.4 is 0 Å². The standard InChI is InChI=1S/C14H20O2/c1-10(2)9-13(14(15)16-4)12-7-5-11(3)6-8-12/h5-8,10,13H,9H2,1-4H3. The highest BCUT2D eigenvalue weighted by atomic mass is 16.5. The highest BCUT2D eigenvalue weighted by Crippen LogP contribution is 2.25. The first-order chi connectivity index (χ1) is 7.54. The van der Waals surface area contributed by atoms with Crippen molar-refractivity contribution in [2.24, 2.45) is 5.92 Å². The van der Waals surface area contributed by atoms with E-state index >= 15 is 0 Å². The molecule has 0 fully saturated rings. The van der Waals surface area contributed by atoms with E-state index in [-0.39, 0.29) is 11.9 Å². The molecule has 1 rings (SSSR count). The second-order valence-corrected chi connectivity index (χ2v) is 4.62. The second kappa shape index (κ2) is 5.69. The van der Waals surface area contributed by atoms with Gasteiger partial charge >= 0.3 is 5.97 Å². The number of rotatable bonds is 4. The van der Waals surface area contributed by atoms with Gasteiger partial charge in [0, 0.05) is 0 Å². The van der Waals surface area contributed by atoms with Crippen LogP contribution in [0.15, 0.2) is 24.3 Å². The summed E-state index contributed by atoms with van der Waals surface area (Å²) in [6.45, 7) is 6.27. The highest BCUT2D eigenvalue weighted by Gasteiger charge is 2.22. The number of carbonyl (C=O) groups is 1. The molecule has 1 aromatic carbocycles. The molecule has 1 unspecified atom stereocenters. The predicted molar refractivity (Wildman–Crippen MR) is 65.4 cm³/mol. The molecule has 0 aromatic heterocycles. The van der Waals surface area contributed by atoms with Crippen LogP contribution in [0.1, 0.15) is 37.3 Å².